The standard InChI is InChI=1S/C11H9NO4S2/c1-6-2-3-7(16-6)4-8-10(15)12(5-9(13)14)11(17)18-8/h2-4H,5H2,1H3,(H,13,14)/p-1/b8-4+. The molecule has 1 aliphatic heterocycles. The van der Waals surface area contributed by atoms with Gasteiger partial charge in [0, 0.05) is 6.08 Å². The van der Waals surface area contributed by atoms with Crippen molar-refractivity contribution in [2.75, 3.05) is 6.54 Å². The number of hydrogen-bond donors (Lipinski definition) is 0. The third-order valence-corrected chi connectivity index (χ3v) is 3.57. The van der Waals surface area contributed by atoms with E-state index in [0.29, 0.717) is 10.7 Å². The molecule has 0 aromatic carbocycles. The number of thioether (sulfide) groups is 1. The Bertz CT molecular complexity index is 561. The van der Waals surface area contributed by atoms with Crippen LogP contribution in [0.15, 0.2) is 21.5 Å². The molecule has 2 heterocycles. The lowest BCUT2D eigenvalue weighted by molar-refractivity contribution is -0.305. The zero-order valence-corrected chi connectivity index (χ0v) is 11.0. The van der Waals surface area contributed by atoms with Gasteiger partial charge in [-0.2, -0.15) is 0 Å². The molecule has 1 aliphatic rings. The molecule has 1 aromatic heterocycles. The van der Waals surface area contributed by atoms with Gasteiger partial charge < -0.3 is 14.3 Å². The Hall–Kier alpha value is -1.60. The zero-order valence-electron chi connectivity index (χ0n) is 9.34. The second-order valence-corrected chi connectivity index (χ2v) is 5.26. The highest BCUT2D eigenvalue weighted by atomic mass is 32.2. The van der Waals surface area contributed by atoms with Gasteiger partial charge in [-0.05, 0) is 19.1 Å². The highest BCUT2D eigenvalue weighted by molar-refractivity contribution is 8.26. The van der Waals surface area contributed by atoms with Crippen molar-refractivity contribution < 1.29 is 19.1 Å². The summed E-state index contributed by atoms with van der Waals surface area (Å²) in [5, 5.41) is 10.5. The number of aliphatic carboxylic acids is 1. The van der Waals surface area contributed by atoms with E-state index >= 15 is 0 Å². The Morgan fingerprint density at radius 3 is 2.89 bits per heavy atom. The smallest absolute Gasteiger partial charge is 0.266 e. The predicted molar refractivity (Wildman–Crippen MR) is 68.3 cm³/mol. The van der Waals surface area contributed by atoms with Gasteiger partial charge >= 0.3 is 0 Å². The van der Waals surface area contributed by atoms with Gasteiger partial charge in [0.05, 0.1) is 17.4 Å². The minimum atomic E-state index is -1.35. The van der Waals surface area contributed by atoms with Crippen molar-refractivity contribution in [1.29, 1.82) is 0 Å². The van der Waals surface area contributed by atoms with E-state index in [4.69, 9.17) is 16.6 Å². The molecule has 2 rings (SSSR count). The van der Waals surface area contributed by atoms with Crippen LogP contribution < -0.4 is 5.11 Å². The molecule has 0 unspecified atom stereocenters. The molecule has 1 aromatic rings. The number of furan rings is 1. The van der Waals surface area contributed by atoms with E-state index in [0.717, 1.165) is 22.4 Å². The molecule has 0 atom stereocenters. The fraction of sp³-hybridized carbons (Fsp3) is 0.182. The summed E-state index contributed by atoms with van der Waals surface area (Å²) in [7, 11) is 0. The highest BCUT2D eigenvalue weighted by Gasteiger charge is 2.32. The summed E-state index contributed by atoms with van der Waals surface area (Å²) in [6, 6.07) is 3.49. The topological polar surface area (TPSA) is 73.6 Å². The Morgan fingerprint density at radius 1 is 1.61 bits per heavy atom. The fourth-order valence-electron chi connectivity index (χ4n) is 1.43. The van der Waals surface area contributed by atoms with E-state index < -0.39 is 18.4 Å². The van der Waals surface area contributed by atoms with Gasteiger partial charge in [0.25, 0.3) is 5.91 Å². The van der Waals surface area contributed by atoms with E-state index in [1.165, 1.54) is 0 Å². The fourth-order valence-corrected chi connectivity index (χ4v) is 2.66. The first-order valence-electron chi connectivity index (χ1n) is 4.99. The van der Waals surface area contributed by atoms with Crippen molar-refractivity contribution in [1.82, 2.24) is 4.90 Å². The first-order chi connectivity index (χ1) is 8.47. The number of aryl methyl sites for hydroxylation is 1. The summed E-state index contributed by atoms with van der Waals surface area (Å²) in [6.07, 6.45) is 1.54. The van der Waals surface area contributed by atoms with Crippen molar-refractivity contribution in [2.45, 2.75) is 6.92 Å². The molecule has 1 amide bonds. The van der Waals surface area contributed by atoms with E-state index in [1.807, 2.05) is 0 Å². The van der Waals surface area contributed by atoms with Gasteiger partial charge in [-0.25, -0.2) is 0 Å². The van der Waals surface area contributed by atoms with Crippen LogP contribution in [0, 0.1) is 6.92 Å². The lowest BCUT2D eigenvalue weighted by Crippen LogP contribution is -2.40. The molecule has 0 aliphatic carbocycles. The Balaban J connectivity index is 2.22. The molecule has 5 nitrogen and oxygen atoms in total. The van der Waals surface area contributed by atoms with Crippen molar-refractivity contribution >= 4 is 46.3 Å². The Kier molecular flexibility index (Phi) is 3.53. The number of thiocarbonyl (C=S) groups is 1. The first-order valence-corrected chi connectivity index (χ1v) is 6.21. The van der Waals surface area contributed by atoms with E-state index in [-0.39, 0.29) is 4.32 Å². The van der Waals surface area contributed by atoms with Gasteiger partial charge in [0.2, 0.25) is 0 Å². The van der Waals surface area contributed by atoms with Crippen molar-refractivity contribution in [3.63, 3.8) is 0 Å². The Morgan fingerprint density at radius 2 is 2.33 bits per heavy atom. The van der Waals surface area contributed by atoms with Gasteiger partial charge in [-0.15, -0.1) is 0 Å². The van der Waals surface area contributed by atoms with Gasteiger partial charge in [0.1, 0.15) is 15.8 Å². The maximum atomic E-state index is 11.9. The van der Waals surface area contributed by atoms with E-state index in [1.54, 1.807) is 25.1 Å². The molecule has 18 heavy (non-hydrogen) atoms. The summed E-state index contributed by atoms with van der Waals surface area (Å²) in [6.45, 7) is 1.26. The highest BCUT2D eigenvalue weighted by Crippen LogP contribution is 2.32. The Labute approximate surface area is 112 Å². The molecule has 0 N–H and O–H groups in total. The summed E-state index contributed by atoms with van der Waals surface area (Å²) in [5.74, 6) is -0.530. The van der Waals surface area contributed by atoms with Crippen LogP contribution in [-0.2, 0) is 9.59 Å². The third kappa shape index (κ3) is 2.62. The van der Waals surface area contributed by atoms with Crippen LogP contribution in [0.1, 0.15) is 11.5 Å². The first kappa shape index (κ1) is 12.8. The van der Waals surface area contributed by atoms with Gasteiger partial charge in [0.15, 0.2) is 0 Å². The average molecular weight is 282 g/mol. The molecule has 7 heteroatoms. The van der Waals surface area contributed by atoms with Gasteiger partial charge in [-0.1, -0.05) is 24.0 Å². The number of rotatable bonds is 3. The molecular weight excluding hydrogens is 274 g/mol. The maximum Gasteiger partial charge on any atom is 0.266 e. The van der Waals surface area contributed by atoms with Crippen LogP contribution >= 0.6 is 24.0 Å². The van der Waals surface area contributed by atoms with Crippen LogP contribution in [0.3, 0.4) is 0 Å². The minimum Gasteiger partial charge on any atom is -0.548 e. The van der Waals surface area contributed by atoms with Crippen LogP contribution in [0.4, 0.5) is 0 Å². The second-order valence-electron chi connectivity index (χ2n) is 3.59. The van der Waals surface area contributed by atoms with Crippen molar-refractivity contribution in [3.8, 4) is 0 Å². The number of carboxylic acid groups (broad SMARTS) is 1. The van der Waals surface area contributed by atoms with E-state index in [9.17, 15) is 14.7 Å². The number of hydrogen-bond acceptors (Lipinski definition) is 6. The number of carboxylic acids is 1. The predicted octanol–water partition coefficient (Wildman–Crippen LogP) is 0.539. The molecule has 0 bridgehead atoms. The molecular formula is C11H8NO4S2-. The summed E-state index contributed by atoms with van der Waals surface area (Å²) >= 11 is 5.99. The second kappa shape index (κ2) is 4.95. The average Bonchev–Trinajstić information content (AvgIpc) is 2.78. The van der Waals surface area contributed by atoms with E-state index in [2.05, 4.69) is 0 Å². The molecule has 1 fully saturated rings. The molecule has 94 valence electrons. The number of carbonyl (C=O) groups excluding carboxylic acids is 2. The van der Waals surface area contributed by atoms with Crippen molar-refractivity contribution in [3.05, 3.63) is 28.6 Å². The lowest BCUT2D eigenvalue weighted by atomic mass is 10.3. The largest absolute Gasteiger partial charge is 0.548 e. The summed E-state index contributed by atoms with van der Waals surface area (Å²) in [4.78, 5) is 23.7. The summed E-state index contributed by atoms with van der Waals surface area (Å²) < 4.78 is 5.52. The lowest BCUT2D eigenvalue weighted by Gasteiger charge is -2.14. The molecule has 0 spiro atoms. The number of amides is 1. The van der Waals surface area contributed by atoms with Crippen LogP contribution in [0.5, 0.6) is 0 Å². The maximum absolute atomic E-state index is 11.9. The SMILES string of the molecule is Cc1ccc(/C=C2/SC(=S)N(CC(=O)[O-])C2=O)o1. The van der Waals surface area contributed by atoms with Gasteiger partial charge in [-0.3, -0.25) is 9.69 Å². The zero-order chi connectivity index (χ0) is 13.3. The quantitative estimate of drug-likeness (QED) is 0.595. The normalized spacial score (nSPS) is 17.8. The van der Waals surface area contributed by atoms with Crippen LogP contribution in [0.25, 0.3) is 6.08 Å². The number of nitrogens with zero attached hydrogens (tertiary/aromatic N) is 1. The van der Waals surface area contributed by atoms with Crippen LogP contribution in [0.2, 0.25) is 0 Å². The summed E-state index contributed by atoms with van der Waals surface area (Å²) in [5.41, 5.74) is 0. The monoisotopic (exact) mass is 282 g/mol. The third-order valence-electron chi connectivity index (χ3n) is 2.20. The van der Waals surface area contributed by atoms with Crippen molar-refractivity contribution in [2.24, 2.45) is 0 Å². The molecule has 0 radical (unpaired) electrons. The van der Waals surface area contributed by atoms with Crippen LogP contribution in [-0.4, -0.2) is 27.6 Å². The number of carbonyl (C=O) groups is 2. The molecule has 1 saturated heterocycles. The minimum absolute atomic E-state index is 0.207. The molecule has 0 saturated carbocycles.